The molecule has 43 heavy (non-hydrogen) atoms. The summed E-state index contributed by atoms with van der Waals surface area (Å²) in [5.41, 5.74) is 1.99. The molecule has 0 aromatic heterocycles. The van der Waals surface area contributed by atoms with Gasteiger partial charge in [-0.3, -0.25) is 24.0 Å². The van der Waals surface area contributed by atoms with Gasteiger partial charge in [0.1, 0.15) is 24.0 Å². The maximum Gasteiger partial charge on any atom is 0.271 e. The number of hydrogen-bond donors (Lipinski definition) is 1. The molecule has 0 saturated carbocycles. The van der Waals surface area contributed by atoms with Gasteiger partial charge in [-0.2, -0.15) is 0 Å². The zero-order valence-corrected chi connectivity index (χ0v) is 25.8. The van der Waals surface area contributed by atoms with Crippen LogP contribution in [0.15, 0.2) is 72.8 Å². The van der Waals surface area contributed by atoms with E-state index in [9.17, 15) is 28.1 Å². The fourth-order valence-corrected chi connectivity index (χ4v) is 5.41. The molecular weight excluding hydrogens is 572 g/mol. The lowest BCUT2D eigenvalue weighted by atomic mass is 10.0. The highest BCUT2D eigenvalue weighted by Gasteiger charge is 2.34. The molecule has 3 aromatic rings. The third-order valence-corrected chi connectivity index (χ3v) is 7.84. The molecule has 2 amide bonds. The molecule has 0 saturated heterocycles. The average Bonchev–Trinajstić information content (AvgIpc) is 2.95. The van der Waals surface area contributed by atoms with E-state index in [-0.39, 0.29) is 41.9 Å². The van der Waals surface area contributed by atoms with Crippen LogP contribution in [0.4, 0.5) is 11.4 Å². The van der Waals surface area contributed by atoms with Gasteiger partial charge in [-0.05, 0) is 30.0 Å². The molecule has 1 atom stereocenters. The van der Waals surface area contributed by atoms with Crippen LogP contribution < -0.4 is 14.4 Å². The molecule has 3 rings (SSSR count). The number of hydrogen-bond acceptors (Lipinski definition) is 7. The first-order chi connectivity index (χ1) is 20.3. The van der Waals surface area contributed by atoms with Crippen molar-refractivity contribution < 1.29 is 27.7 Å². The Balaban J connectivity index is 2.12. The Bertz CT molecular complexity index is 1540. The van der Waals surface area contributed by atoms with Gasteiger partial charge in [0.25, 0.3) is 5.69 Å². The van der Waals surface area contributed by atoms with Crippen LogP contribution >= 0.6 is 0 Å². The Labute approximate surface area is 252 Å². The topological polar surface area (TPSA) is 139 Å². The molecule has 0 bridgehead atoms. The monoisotopic (exact) mass is 610 g/mol. The van der Waals surface area contributed by atoms with Crippen LogP contribution in [0.3, 0.4) is 0 Å². The SMILES string of the molecule is COc1ccc([N+](=O)[O-])cc1N(CC(=O)N(Cc1cccc(C)c1)[C@@H](Cc1ccccc1)C(=O)NCC(C)C)S(C)(=O)=O. The summed E-state index contributed by atoms with van der Waals surface area (Å²) >= 11 is 0. The van der Waals surface area contributed by atoms with Crippen molar-refractivity contribution >= 4 is 33.2 Å². The summed E-state index contributed by atoms with van der Waals surface area (Å²) in [6, 6.07) is 19.2. The number of benzene rings is 3. The summed E-state index contributed by atoms with van der Waals surface area (Å²) in [6.07, 6.45) is 1.08. The number of nitro groups is 1. The van der Waals surface area contributed by atoms with Crippen LogP contribution in [-0.4, -0.2) is 62.6 Å². The summed E-state index contributed by atoms with van der Waals surface area (Å²) in [7, 11) is -2.85. The molecule has 0 aliphatic heterocycles. The van der Waals surface area contributed by atoms with E-state index >= 15 is 0 Å². The highest BCUT2D eigenvalue weighted by Crippen LogP contribution is 2.34. The van der Waals surface area contributed by atoms with Gasteiger partial charge in [-0.15, -0.1) is 0 Å². The zero-order valence-electron chi connectivity index (χ0n) is 25.0. The van der Waals surface area contributed by atoms with Crippen LogP contribution in [0.1, 0.15) is 30.5 Å². The lowest BCUT2D eigenvalue weighted by molar-refractivity contribution is -0.384. The van der Waals surface area contributed by atoms with Crippen LogP contribution in [-0.2, 0) is 32.6 Å². The molecule has 11 nitrogen and oxygen atoms in total. The fraction of sp³-hybridized carbons (Fsp3) is 0.355. The molecule has 3 aromatic carbocycles. The number of nitro benzene ring substituents is 1. The minimum Gasteiger partial charge on any atom is -0.495 e. The summed E-state index contributed by atoms with van der Waals surface area (Å²) < 4.78 is 32.2. The molecule has 0 aliphatic rings. The van der Waals surface area contributed by atoms with Crippen molar-refractivity contribution in [3.05, 3.63) is 99.6 Å². The second-order valence-electron chi connectivity index (χ2n) is 10.7. The molecule has 1 N–H and O–H groups in total. The summed E-state index contributed by atoms with van der Waals surface area (Å²) in [5, 5.41) is 14.4. The summed E-state index contributed by atoms with van der Waals surface area (Å²) in [4.78, 5) is 40.1. The van der Waals surface area contributed by atoms with Crippen molar-refractivity contribution in [2.24, 2.45) is 5.92 Å². The molecular formula is C31H38N4O7S. The van der Waals surface area contributed by atoms with E-state index in [4.69, 9.17) is 4.74 Å². The number of carbonyl (C=O) groups is 2. The van der Waals surface area contributed by atoms with E-state index in [1.807, 2.05) is 75.4 Å². The smallest absolute Gasteiger partial charge is 0.271 e. The summed E-state index contributed by atoms with van der Waals surface area (Å²) in [5.74, 6) is -0.854. The number of nitrogens with zero attached hydrogens (tertiary/aromatic N) is 3. The first kappa shape index (κ1) is 33.1. The standard InChI is InChI=1S/C31H38N4O7S/c1-22(2)19-32-31(37)28(17-24-11-7-6-8-12-24)33(20-25-13-9-10-23(3)16-25)30(36)21-34(43(5,40)41)27-18-26(35(38)39)14-15-29(27)42-4/h6-16,18,22,28H,17,19-21H2,1-5H3,(H,32,37)/t28-/m0/s1. The van der Waals surface area contributed by atoms with Gasteiger partial charge in [0.15, 0.2) is 0 Å². The number of amides is 2. The normalized spacial score (nSPS) is 12.0. The van der Waals surface area contributed by atoms with E-state index in [0.717, 1.165) is 33.3 Å². The number of sulfonamides is 1. The van der Waals surface area contributed by atoms with Crippen molar-refractivity contribution in [1.29, 1.82) is 0 Å². The van der Waals surface area contributed by atoms with Crippen LogP contribution in [0, 0.1) is 23.0 Å². The molecule has 230 valence electrons. The molecule has 0 fully saturated rings. The molecule has 0 aliphatic carbocycles. The predicted octanol–water partition coefficient (Wildman–Crippen LogP) is 4.09. The predicted molar refractivity (Wildman–Crippen MR) is 165 cm³/mol. The number of ether oxygens (including phenoxy) is 1. The average molecular weight is 611 g/mol. The molecule has 0 spiro atoms. The Kier molecular flexibility index (Phi) is 11.2. The van der Waals surface area contributed by atoms with Gasteiger partial charge in [-0.1, -0.05) is 74.0 Å². The highest BCUT2D eigenvalue weighted by molar-refractivity contribution is 7.92. The second kappa shape index (κ2) is 14.6. The van der Waals surface area contributed by atoms with Gasteiger partial charge in [0.2, 0.25) is 21.8 Å². The Morgan fingerprint density at radius 2 is 1.67 bits per heavy atom. The number of nitrogens with one attached hydrogen (secondary N) is 1. The highest BCUT2D eigenvalue weighted by atomic mass is 32.2. The summed E-state index contributed by atoms with van der Waals surface area (Å²) in [6.45, 7) is 5.52. The first-order valence-corrected chi connectivity index (χ1v) is 15.6. The molecule has 0 heterocycles. The minimum absolute atomic E-state index is 0.0246. The number of methoxy groups -OCH3 is 1. The maximum atomic E-state index is 14.2. The van der Waals surface area contributed by atoms with Crippen molar-refractivity contribution in [1.82, 2.24) is 10.2 Å². The number of anilines is 1. The second-order valence-corrected chi connectivity index (χ2v) is 12.6. The Hall–Kier alpha value is -4.45. The van der Waals surface area contributed by atoms with Gasteiger partial charge in [0, 0.05) is 31.6 Å². The Morgan fingerprint density at radius 1 is 1.00 bits per heavy atom. The van der Waals surface area contributed by atoms with E-state index in [0.29, 0.717) is 6.54 Å². The number of non-ortho nitro benzene ring substituents is 1. The minimum atomic E-state index is -4.14. The number of aryl methyl sites for hydroxylation is 1. The van der Waals surface area contributed by atoms with Crippen LogP contribution in [0.2, 0.25) is 0 Å². The molecule has 0 unspecified atom stereocenters. The van der Waals surface area contributed by atoms with Gasteiger partial charge >= 0.3 is 0 Å². The lowest BCUT2D eigenvalue weighted by Crippen LogP contribution is -2.53. The van der Waals surface area contributed by atoms with Gasteiger partial charge in [0.05, 0.1) is 18.3 Å². The van der Waals surface area contributed by atoms with E-state index < -0.39 is 33.4 Å². The fourth-order valence-electron chi connectivity index (χ4n) is 4.57. The van der Waals surface area contributed by atoms with Crippen molar-refractivity contribution in [2.45, 2.75) is 39.8 Å². The largest absolute Gasteiger partial charge is 0.495 e. The lowest BCUT2D eigenvalue weighted by Gasteiger charge is -2.34. The first-order valence-electron chi connectivity index (χ1n) is 13.8. The van der Waals surface area contributed by atoms with Crippen molar-refractivity contribution in [3.8, 4) is 5.75 Å². The maximum absolute atomic E-state index is 14.2. The van der Waals surface area contributed by atoms with Crippen molar-refractivity contribution in [2.75, 3.05) is 30.8 Å². The Morgan fingerprint density at radius 3 is 2.26 bits per heavy atom. The number of rotatable bonds is 14. The van der Waals surface area contributed by atoms with E-state index in [2.05, 4.69) is 5.32 Å². The van der Waals surface area contributed by atoms with Crippen molar-refractivity contribution in [3.63, 3.8) is 0 Å². The molecule has 12 heteroatoms. The van der Waals surface area contributed by atoms with E-state index in [1.54, 1.807) is 0 Å². The van der Waals surface area contributed by atoms with E-state index in [1.165, 1.54) is 24.1 Å². The van der Waals surface area contributed by atoms with Gasteiger partial charge < -0.3 is 15.0 Å². The van der Waals surface area contributed by atoms with Gasteiger partial charge in [-0.25, -0.2) is 8.42 Å². The number of carbonyl (C=O) groups excluding carboxylic acids is 2. The quantitative estimate of drug-likeness (QED) is 0.214. The third kappa shape index (κ3) is 9.27. The van der Waals surface area contributed by atoms with Crippen LogP contribution in [0.5, 0.6) is 5.75 Å². The van der Waals surface area contributed by atoms with Crippen LogP contribution in [0.25, 0.3) is 0 Å². The third-order valence-electron chi connectivity index (χ3n) is 6.71. The molecule has 0 radical (unpaired) electrons. The zero-order chi connectivity index (χ0) is 31.7.